The number of piperidine rings is 1. The van der Waals surface area contributed by atoms with E-state index in [1.54, 1.807) is 10.8 Å². The minimum atomic E-state index is -0.421. The van der Waals surface area contributed by atoms with Gasteiger partial charge in [0.25, 0.3) is 0 Å². The third kappa shape index (κ3) is 2.12. The number of nitrogens with zero attached hydrogens (tertiary/aromatic N) is 5. The van der Waals surface area contributed by atoms with Crippen molar-refractivity contribution in [2.75, 3.05) is 24.5 Å². The minimum absolute atomic E-state index is 0.312. The maximum atomic E-state index is 11.5. The van der Waals surface area contributed by atoms with Crippen molar-refractivity contribution in [2.45, 2.75) is 37.2 Å². The first-order valence-corrected chi connectivity index (χ1v) is 8.15. The Labute approximate surface area is 132 Å². The maximum Gasteiger partial charge on any atom is 0.407 e. The summed E-state index contributed by atoms with van der Waals surface area (Å²) in [5.41, 5.74) is 2.49. The zero-order valence-electron chi connectivity index (χ0n) is 12.7. The number of ether oxygens (including phenoxy) is 1. The monoisotopic (exact) mass is 314 g/mol. The van der Waals surface area contributed by atoms with Gasteiger partial charge in [-0.15, -0.1) is 10.2 Å². The number of carbonyl (C=O) groups excluding carboxylic acids is 1. The number of nitrogens with one attached hydrogen (secondary N) is 1. The maximum absolute atomic E-state index is 11.5. The van der Waals surface area contributed by atoms with Crippen molar-refractivity contribution in [3.05, 3.63) is 18.1 Å². The molecule has 23 heavy (non-hydrogen) atoms. The van der Waals surface area contributed by atoms with E-state index in [1.165, 1.54) is 12.8 Å². The van der Waals surface area contributed by atoms with Gasteiger partial charge in [0, 0.05) is 12.5 Å². The Bertz CT molecular complexity index is 785. The van der Waals surface area contributed by atoms with Crippen molar-refractivity contribution >= 4 is 17.4 Å². The zero-order valence-corrected chi connectivity index (χ0v) is 12.7. The molecule has 4 heterocycles. The highest BCUT2D eigenvalue weighted by Crippen LogP contribution is 2.41. The Hall–Kier alpha value is -2.38. The summed E-state index contributed by atoms with van der Waals surface area (Å²) in [6.07, 6.45) is 5.62. The van der Waals surface area contributed by atoms with Crippen molar-refractivity contribution < 1.29 is 9.53 Å². The molecular formula is C15H18N6O2. The number of hydrogen-bond acceptors (Lipinski definition) is 6. The Kier molecular flexibility index (Phi) is 2.60. The molecule has 1 N–H and O–H groups in total. The third-order valence-electron chi connectivity index (χ3n) is 5.01. The number of rotatable bonds is 2. The summed E-state index contributed by atoms with van der Waals surface area (Å²) in [6.45, 7) is 2.18. The third-order valence-corrected chi connectivity index (χ3v) is 5.01. The molecule has 3 fully saturated rings. The molecule has 1 spiro atoms. The summed E-state index contributed by atoms with van der Waals surface area (Å²) < 4.78 is 7.34. The van der Waals surface area contributed by atoms with Crippen LogP contribution in [0.15, 0.2) is 12.4 Å². The number of alkyl carbamates (subject to hydrolysis) is 1. The lowest BCUT2D eigenvalue weighted by Crippen LogP contribution is -2.50. The van der Waals surface area contributed by atoms with Crippen LogP contribution in [-0.2, 0) is 4.74 Å². The van der Waals surface area contributed by atoms with Crippen molar-refractivity contribution in [3.8, 4) is 0 Å². The van der Waals surface area contributed by atoms with Crippen LogP contribution in [0.4, 0.5) is 10.5 Å². The first-order valence-electron chi connectivity index (χ1n) is 8.15. The lowest BCUT2D eigenvalue weighted by atomic mass is 9.92. The second-order valence-corrected chi connectivity index (χ2v) is 6.78. The van der Waals surface area contributed by atoms with Crippen LogP contribution in [0.25, 0.3) is 5.65 Å². The van der Waals surface area contributed by atoms with Crippen molar-refractivity contribution in [1.29, 1.82) is 0 Å². The molecular weight excluding hydrogens is 296 g/mol. The molecule has 120 valence electrons. The lowest BCUT2D eigenvalue weighted by Gasteiger charge is -2.39. The van der Waals surface area contributed by atoms with Crippen molar-refractivity contribution in [2.24, 2.45) is 0 Å². The largest absolute Gasteiger partial charge is 0.439 e. The zero-order chi connectivity index (χ0) is 15.4. The molecule has 1 amide bonds. The molecule has 2 aliphatic heterocycles. The molecule has 1 atom stereocenters. The molecule has 2 aromatic heterocycles. The van der Waals surface area contributed by atoms with Crippen LogP contribution >= 0.6 is 0 Å². The molecule has 8 heteroatoms. The smallest absolute Gasteiger partial charge is 0.407 e. The van der Waals surface area contributed by atoms with Gasteiger partial charge in [0.2, 0.25) is 5.65 Å². The topological polar surface area (TPSA) is 84.7 Å². The number of carbonyl (C=O) groups is 1. The fourth-order valence-corrected chi connectivity index (χ4v) is 3.67. The highest BCUT2D eigenvalue weighted by atomic mass is 16.6. The Morgan fingerprint density at radius 1 is 1.39 bits per heavy atom. The molecule has 5 rings (SSSR count). The van der Waals surface area contributed by atoms with Crippen LogP contribution in [0, 0.1) is 0 Å². The van der Waals surface area contributed by atoms with Gasteiger partial charge >= 0.3 is 6.09 Å². The van der Waals surface area contributed by atoms with Crippen molar-refractivity contribution in [3.63, 3.8) is 0 Å². The standard InChI is InChI=1S/C15H18N6O2/c22-14-16-7-15(23-14)4-1-5-20(8-15)12-6-11(10-2-3-10)19-21-9-17-18-13(12)21/h6,9-10H,1-5,7-8H2,(H,16,22). The molecule has 1 aliphatic carbocycles. The quantitative estimate of drug-likeness (QED) is 0.893. The fraction of sp³-hybridized carbons (Fsp3) is 0.600. The fourth-order valence-electron chi connectivity index (χ4n) is 3.67. The summed E-state index contributed by atoms with van der Waals surface area (Å²) in [6, 6.07) is 2.14. The predicted octanol–water partition coefficient (Wildman–Crippen LogP) is 1.08. The van der Waals surface area contributed by atoms with Gasteiger partial charge in [-0.3, -0.25) is 0 Å². The van der Waals surface area contributed by atoms with Crippen LogP contribution < -0.4 is 10.2 Å². The summed E-state index contributed by atoms with van der Waals surface area (Å²) >= 11 is 0. The Morgan fingerprint density at radius 3 is 3.09 bits per heavy atom. The van der Waals surface area contributed by atoms with Crippen molar-refractivity contribution in [1.82, 2.24) is 25.1 Å². The summed E-state index contributed by atoms with van der Waals surface area (Å²) in [4.78, 5) is 13.8. The van der Waals surface area contributed by atoms with E-state index in [0.29, 0.717) is 19.0 Å². The SMILES string of the molecule is O=C1NCC2(CCCN(c3cc(C4CC4)nn4cnnc34)C2)O1. The van der Waals surface area contributed by atoms with E-state index in [-0.39, 0.29) is 6.09 Å². The number of anilines is 1. The van der Waals surface area contributed by atoms with E-state index < -0.39 is 5.60 Å². The molecule has 2 saturated heterocycles. The first-order chi connectivity index (χ1) is 11.2. The minimum Gasteiger partial charge on any atom is -0.439 e. The molecule has 1 unspecified atom stereocenters. The predicted molar refractivity (Wildman–Crippen MR) is 81.4 cm³/mol. The molecule has 0 bridgehead atoms. The van der Waals surface area contributed by atoms with Gasteiger partial charge in [0.1, 0.15) is 11.9 Å². The second kappa shape index (κ2) is 4.56. The molecule has 0 radical (unpaired) electrons. The van der Waals surface area contributed by atoms with E-state index in [2.05, 4.69) is 31.6 Å². The highest BCUT2D eigenvalue weighted by Gasteiger charge is 2.44. The summed E-state index contributed by atoms with van der Waals surface area (Å²) in [7, 11) is 0. The number of fused-ring (bicyclic) bond motifs is 1. The van der Waals surface area contributed by atoms with E-state index >= 15 is 0 Å². The van der Waals surface area contributed by atoms with Gasteiger partial charge < -0.3 is 15.0 Å². The van der Waals surface area contributed by atoms with Gasteiger partial charge in [-0.05, 0) is 31.7 Å². The molecule has 0 aromatic carbocycles. The molecule has 1 saturated carbocycles. The van der Waals surface area contributed by atoms with Gasteiger partial charge in [0.15, 0.2) is 0 Å². The first kappa shape index (κ1) is 13.1. The molecule has 2 aromatic rings. The highest BCUT2D eigenvalue weighted by molar-refractivity contribution is 5.72. The molecule has 3 aliphatic rings. The van der Waals surface area contributed by atoms with Crippen LogP contribution in [0.1, 0.15) is 37.3 Å². The van der Waals surface area contributed by atoms with Crippen LogP contribution in [0.5, 0.6) is 0 Å². The van der Waals surface area contributed by atoms with Crippen LogP contribution in [-0.4, -0.2) is 51.1 Å². The average molecular weight is 314 g/mol. The van der Waals surface area contributed by atoms with Gasteiger partial charge in [0.05, 0.1) is 24.5 Å². The summed E-state index contributed by atoms with van der Waals surface area (Å²) in [5, 5.41) is 15.6. The van der Waals surface area contributed by atoms with E-state index in [0.717, 1.165) is 36.4 Å². The van der Waals surface area contributed by atoms with E-state index in [1.807, 2.05) is 0 Å². The van der Waals surface area contributed by atoms with Crippen LogP contribution in [0.3, 0.4) is 0 Å². The summed E-state index contributed by atoms with van der Waals surface area (Å²) in [5.74, 6) is 0.560. The Balaban J connectivity index is 1.54. The number of amides is 1. The number of hydrogen-bond donors (Lipinski definition) is 1. The van der Waals surface area contributed by atoms with E-state index in [4.69, 9.17) is 4.74 Å². The van der Waals surface area contributed by atoms with Gasteiger partial charge in [-0.2, -0.15) is 9.61 Å². The second-order valence-electron chi connectivity index (χ2n) is 6.78. The van der Waals surface area contributed by atoms with E-state index in [9.17, 15) is 4.79 Å². The van der Waals surface area contributed by atoms with Gasteiger partial charge in [-0.1, -0.05) is 0 Å². The normalized spacial score (nSPS) is 27.5. The van der Waals surface area contributed by atoms with Crippen LogP contribution in [0.2, 0.25) is 0 Å². The van der Waals surface area contributed by atoms with Gasteiger partial charge in [-0.25, -0.2) is 4.79 Å². The number of aromatic nitrogens is 4. The Morgan fingerprint density at radius 2 is 2.30 bits per heavy atom. The molecule has 8 nitrogen and oxygen atoms in total. The average Bonchev–Trinajstić information content (AvgIpc) is 3.20. The lowest BCUT2D eigenvalue weighted by molar-refractivity contribution is 0.0447.